The number of aromatic nitrogens is 2. The minimum absolute atomic E-state index is 0.0223. The van der Waals surface area contributed by atoms with E-state index in [1.165, 1.54) is 0 Å². The number of hydrogen-bond acceptors (Lipinski definition) is 5. The normalized spacial score (nSPS) is 26.0. The van der Waals surface area contributed by atoms with Crippen LogP contribution in [0.1, 0.15) is 12.1 Å². The molecule has 9 heteroatoms. The van der Waals surface area contributed by atoms with Gasteiger partial charge in [0.1, 0.15) is 17.8 Å². The summed E-state index contributed by atoms with van der Waals surface area (Å²) < 4.78 is 44.1. The van der Waals surface area contributed by atoms with E-state index in [0.29, 0.717) is 39.3 Å². The third-order valence-electron chi connectivity index (χ3n) is 4.23. The molecule has 1 amide bonds. The third-order valence-corrected chi connectivity index (χ3v) is 4.23. The molecule has 2 saturated heterocycles. The Hall–Kier alpha value is -1.90. The molecule has 1 unspecified atom stereocenters. The quantitative estimate of drug-likeness (QED) is 0.774. The fraction of sp³-hybridized carbons (Fsp3) is 0.643. The smallest absolute Gasteiger partial charge is 0.379 e. The number of halogens is 3. The molecule has 0 saturated carbocycles. The molecule has 2 aliphatic rings. The molecule has 1 aromatic rings. The maximum absolute atomic E-state index is 12.8. The van der Waals surface area contributed by atoms with Gasteiger partial charge in [-0.1, -0.05) is 0 Å². The molecule has 1 aromatic heterocycles. The lowest BCUT2D eigenvalue weighted by Gasteiger charge is -2.31. The van der Waals surface area contributed by atoms with Gasteiger partial charge in [0.05, 0.1) is 13.2 Å². The van der Waals surface area contributed by atoms with Gasteiger partial charge in [0, 0.05) is 44.6 Å². The summed E-state index contributed by atoms with van der Waals surface area (Å²) in [5.74, 6) is 0.230. The van der Waals surface area contributed by atoms with Crippen LogP contribution in [0.4, 0.5) is 19.0 Å². The Kier molecular flexibility index (Phi) is 3.91. The van der Waals surface area contributed by atoms with Crippen molar-refractivity contribution in [3.05, 3.63) is 18.1 Å². The fourth-order valence-electron chi connectivity index (χ4n) is 3.17. The van der Waals surface area contributed by atoms with Crippen molar-refractivity contribution < 1.29 is 22.7 Å². The van der Waals surface area contributed by atoms with Crippen molar-refractivity contribution in [1.82, 2.24) is 14.9 Å². The number of anilines is 1. The van der Waals surface area contributed by atoms with Crippen LogP contribution in [0.25, 0.3) is 0 Å². The van der Waals surface area contributed by atoms with Crippen molar-refractivity contribution in [2.24, 2.45) is 5.41 Å². The fourth-order valence-corrected chi connectivity index (χ4v) is 3.17. The van der Waals surface area contributed by atoms with E-state index in [-0.39, 0.29) is 11.7 Å². The Balaban J connectivity index is 1.86. The van der Waals surface area contributed by atoms with Crippen molar-refractivity contribution >= 4 is 11.7 Å². The van der Waals surface area contributed by atoms with Gasteiger partial charge in [0.2, 0.25) is 5.91 Å². The van der Waals surface area contributed by atoms with Gasteiger partial charge in [-0.25, -0.2) is 9.97 Å². The van der Waals surface area contributed by atoms with Crippen LogP contribution in [-0.4, -0.2) is 60.7 Å². The number of ether oxygens (including phenoxy) is 1. The lowest BCUT2D eigenvalue weighted by atomic mass is 9.87. The summed E-state index contributed by atoms with van der Waals surface area (Å²) in [5.41, 5.74) is -1.38. The SMILES string of the molecule is CN1CC2(COCCN(c3cc(C(F)(F)F)ncn3)C2)CC1=O. The Morgan fingerprint density at radius 2 is 2.09 bits per heavy atom. The first-order valence-electron chi connectivity index (χ1n) is 7.25. The Labute approximate surface area is 131 Å². The first-order chi connectivity index (χ1) is 10.8. The van der Waals surface area contributed by atoms with Crippen molar-refractivity contribution in [3.63, 3.8) is 0 Å². The molecule has 0 radical (unpaired) electrons. The molecule has 0 N–H and O–H groups in total. The zero-order valence-electron chi connectivity index (χ0n) is 12.6. The first-order valence-corrected chi connectivity index (χ1v) is 7.25. The van der Waals surface area contributed by atoms with Crippen LogP contribution in [0.2, 0.25) is 0 Å². The van der Waals surface area contributed by atoms with Gasteiger partial charge in [-0.05, 0) is 0 Å². The number of alkyl halides is 3. The summed E-state index contributed by atoms with van der Waals surface area (Å²) in [7, 11) is 1.72. The number of amides is 1. The van der Waals surface area contributed by atoms with E-state index in [9.17, 15) is 18.0 Å². The summed E-state index contributed by atoms with van der Waals surface area (Å²) in [6.07, 6.45) is -3.26. The van der Waals surface area contributed by atoms with E-state index < -0.39 is 17.3 Å². The van der Waals surface area contributed by atoms with Gasteiger partial charge in [-0.2, -0.15) is 13.2 Å². The lowest BCUT2D eigenvalue weighted by molar-refractivity contribution is -0.141. The molecule has 23 heavy (non-hydrogen) atoms. The maximum atomic E-state index is 12.8. The maximum Gasteiger partial charge on any atom is 0.433 e. The van der Waals surface area contributed by atoms with E-state index >= 15 is 0 Å². The molecular formula is C14H17F3N4O2. The first kappa shape index (κ1) is 16.0. The highest BCUT2D eigenvalue weighted by Gasteiger charge is 2.44. The highest BCUT2D eigenvalue weighted by atomic mass is 19.4. The highest BCUT2D eigenvalue weighted by molar-refractivity contribution is 5.79. The van der Waals surface area contributed by atoms with Crippen molar-refractivity contribution in [3.8, 4) is 0 Å². The van der Waals surface area contributed by atoms with Crippen LogP contribution < -0.4 is 4.90 Å². The monoisotopic (exact) mass is 330 g/mol. The number of carbonyl (C=O) groups excluding carboxylic acids is 1. The van der Waals surface area contributed by atoms with Crippen LogP contribution in [0.15, 0.2) is 12.4 Å². The van der Waals surface area contributed by atoms with E-state index in [2.05, 4.69) is 9.97 Å². The second-order valence-corrected chi connectivity index (χ2v) is 6.16. The van der Waals surface area contributed by atoms with Crippen LogP contribution >= 0.6 is 0 Å². The zero-order chi connectivity index (χ0) is 16.7. The molecule has 0 bridgehead atoms. The standard InChI is InChI=1S/C14H17F3N4O2/c1-20-6-13(5-12(20)22)7-21(2-3-23-8-13)11-4-10(14(15,16)17)18-9-19-11/h4,9H,2-3,5-8H2,1H3. The van der Waals surface area contributed by atoms with Crippen molar-refractivity contribution in [2.75, 3.05) is 44.8 Å². The predicted octanol–water partition coefficient (Wildman–Crippen LogP) is 1.18. The van der Waals surface area contributed by atoms with Gasteiger partial charge < -0.3 is 14.5 Å². The predicted molar refractivity (Wildman–Crippen MR) is 74.8 cm³/mol. The highest BCUT2D eigenvalue weighted by Crippen LogP contribution is 2.35. The van der Waals surface area contributed by atoms with E-state index in [1.807, 2.05) is 0 Å². The molecule has 3 heterocycles. The van der Waals surface area contributed by atoms with Gasteiger partial charge in [-0.15, -0.1) is 0 Å². The van der Waals surface area contributed by atoms with Crippen LogP contribution in [-0.2, 0) is 15.7 Å². The van der Waals surface area contributed by atoms with E-state index in [0.717, 1.165) is 12.4 Å². The topological polar surface area (TPSA) is 58.6 Å². The summed E-state index contributed by atoms with van der Waals surface area (Å²) in [4.78, 5) is 22.5. The second kappa shape index (κ2) is 5.63. The Morgan fingerprint density at radius 1 is 1.30 bits per heavy atom. The summed E-state index contributed by atoms with van der Waals surface area (Å²) in [5, 5.41) is 0. The number of carbonyl (C=O) groups is 1. The number of hydrogen-bond donors (Lipinski definition) is 0. The Morgan fingerprint density at radius 3 is 2.74 bits per heavy atom. The molecule has 1 atom stereocenters. The van der Waals surface area contributed by atoms with Crippen molar-refractivity contribution in [2.45, 2.75) is 12.6 Å². The summed E-state index contributed by atoms with van der Waals surface area (Å²) in [6.45, 7) is 2.17. The molecule has 1 spiro atoms. The lowest BCUT2D eigenvalue weighted by Crippen LogP contribution is -2.40. The van der Waals surface area contributed by atoms with Gasteiger partial charge in [0.25, 0.3) is 0 Å². The molecule has 3 rings (SSSR count). The van der Waals surface area contributed by atoms with Gasteiger partial charge >= 0.3 is 6.18 Å². The molecular weight excluding hydrogens is 313 g/mol. The minimum Gasteiger partial charge on any atom is -0.379 e. The summed E-state index contributed by atoms with van der Waals surface area (Å²) in [6, 6.07) is 0.944. The molecule has 0 aliphatic carbocycles. The number of nitrogens with zero attached hydrogens (tertiary/aromatic N) is 4. The largest absolute Gasteiger partial charge is 0.433 e. The van der Waals surface area contributed by atoms with Gasteiger partial charge in [-0.3, -0.25) is 4.79 Å². The average Bonchev–Trinajstić information content (AvgIpc) is 2.65. The average molecular weight is 330 g/mol. The van der Waals surface area contributed by atoms with Crippen LogP contribution in [0.3, 0.4) is 0 Å². The zero-order valence-corrected chi connectivity index (χ0v) is 12.6. The third kappa shape index (κ3) is 3.24. The molecule has 2 aliphatic heterocycles. The number of likely N-dealkylation sites (tertiary alicyclic amines) is 1. The minimum atomic E-state index is -4.51. The van der Waals surface area contributed by atoms with Gasteiger partial charge in [0.15, 0.2) is 0 Å². The van der Waals surface area contributed by atoms with Crippen molar-refractivity contribution in [1.29, 1.82) is 0 Å². The Bertz CT molecular complexity index is 610. The summed E-state index contributed by atoms with van der Waals surface area (Å²) >= 11 is 0. The molecule has 126 valence electrons. The molecule has 6 nitrogen and oxygen atoms in total. The second-order valence-electron chi connectivity index (χ2n) is 6.16. The molecule has 0 aromatic carbocycles. The van der Waals surface area contributed by atoms with E-state index in [1.54, 1.807) is 16.8 Å². The molecule has 2 fully saturated rings. The van der Waals surface area contributed by atoms with E-state index in [4.69, 9.17) is 4.74 Å². The number of rotatable bonds is 1. The van der Waals surface area contributed by atoms with Crippen LogP contribution in [0, 0.1) is 5.41 Å². The van der Waals surface area contributed by atoms with Crippen LogP contribution in [0.5, 0.6) is 0 Å².